The summed E-state index contributed by atoms with van der Waals surface area (Å²) in [5.74, 6) is 1.22. The first-order valence-corrected chi connectivity index (χ1v) is 12.8. The highest BCUT2D eigenvalue weighted by atomic mass is 32.2. The minimum atomic E-state index is -0.739. The lowest BCUT2D eigenvalue weighted by Crippen LogP contribution is -2.38. The van der Waals surface area contributed by atoms with Gasteiger partial charge in [0.25, 0.3) is 5.91 Å². The summed E-state index contributed by atoms with van der Waals surface area (Å²) in [6.07, 6.45) is 7.26. The number of amides is 1. The molecule has 1 aliphatic heterocycles. The molecule has 0 aliphatic carbocycles. The van der Waals surface area contributed by atoms with Crippen LogP contribution in [-0.2, 0) is 4.79 Å². The van der Waals surface area contributed by atoms with Crippen LogP contribution >= 0.6 is 11.8 Å². The smallest absolute Gasteiger partial charge is 0.303 e. The number of carbonyl (C=O) groups is 2. The average molecular weight is 450 g/mol. The molecule has 6 nitrogen and oxygen atoms in total. The monoisotopic (exact) mass is 449 g/mol. The summed E-state index contributed by atoms with van der Waals surface area (Å²) in [6.45, 7) is 8.04. The summed E-state index contributed by atoms with van der Waals surface area (Å²) in [5.41, 5.74) is 0.681. The van der Waals surface area contributed by atoms with Gasteiger partial charge in [-0.05, 0) is 55.9 Å². The molecule has 1 fully saturated rings. The van der Waals surface area contributed by atoms with Crippen LogP contribution in [0, 0.1) is 5.92 Å². The van der Waals surface area contributed by atoms with Crippen molar-refractivity contribution in [2.45, 2.75) is 83.2 Å². The number of carbonyl (C=O) groups excluding carboxylic acids is 1. The van der Waals surface area contributed by atoms with Crippen LogP contribution in [0.5, 0.6) is 0 Å². The first-order chi connectivity index (χ1) is 14.9. The minimum Gasteiger partial charge on any atom is -0.481 e. The van der Waals surface area contributed by atoms with Crippen molar-refractivity contribution in [3.05, 3.63) is 17.7 Å². The van der Waals surface area contributed by atoms with E-state index in [1.165, 1.54) is 0 Å². The van der Waals surface area contributed by atoms with Crippen LogP contribution in [0.2, 0.25) is 0 Å². The molecule has 1 aromatic heterocycles. The van der Waals surface area contributed by atoms with Gasteiger partial charge in [-0.15, -0.1) is 11.8 Å². The second-order valence-corrected chi connectivity index (χ2v) is 9.65. The van der Waals surface area contributed by atoms with Gasteiger partial charge in [-0.1, -0.05) is 33.6 Å². The topological polar surface area (TPSA) is 73.7 Å². The minimum absolute atomic E-state index is 0.0481. The van der Waals surface area contributed by atoms with Crippen molar-refractivity contribution in [2.75, 3.05) is 30.8 Å². The number of rotatable bonds is 12. The Kier molecular flexibility index (Phi) is 10.6. The Labute approximate surface area is 191 Å². The number of hydrogen-bond acceptors (Lipinski definition) is 5. The lowest BCUT2D eigenvalue weighted by Gasteiger charge is -2.33. The molecule has 1 saturated heterocycles. The summed E-state index contributed by atoms with van der Waals surface area (Å²) < 4.78 is 0. The van der Waals surface area contributed by atoms with Gasteiger partial charge in [-0.2, -0.15) is 0 Å². The molecule has 0 aromatic carbocycles. The molecular formula is C24H39N3O3S. The number of carboxylic acids is 1. The summed E-state index contributed by atoms with van der Waals surface area (Å²) in [6, 6.07) is 4.12. The lowest BCUT2D eigenvalue weighted by atomic mass is 9.95. The van der Waals surface area contributed by atoms with Gasteiger partial charge < -0.3 is 14.9 Å². The van der Waals surface area contributed by atoms with Crippen molar-refractivity contribution in [3.63, 3.8) is 0 Å². The van der Waals surface area contributed by atoms with Gasteiger partial charge in [-0.25, -0.2) is 4.98 Å². The highest BCUT2D eigenvalue weighted by Gasteiger charge is 2.26. The van der Waals surface area contributed by atoms with Gasteiger partial charge in [0.15, 0.2) is 0 Å². The molecule has 174 valence electrons. The molecule has 1 amide bonds. The third-order valence-corrected chi connectivity index (χ3v) is 7.13. The summed E-state index contributed by atoms with van der Waals surface area (Å²) in [7, 11) is 1.92. The summed E-state index contributed by atoms with van der Waals surface area (Å²) in [4.78, 5) is 33.5. The van der Waals surface area contributed by atoms with Gasteiger partial charge >= 0.3 is 5.97 Å². The van der Waals surface area contributed by atoms with E-state index < -0.39 is 5.97 Å². The second kappa shape index (κ2) is 12.9. The van der Waals surface area contributed by atoms with E-state index in [0.29, 0.717) is 12.1 Å². The number of anilines is 1. The fraction of sp³-hybridized carbons (Fsp3) is 0.708. The van der Waals surface area contributed by atoms with Crippen LogP contribution < -0.4 is 4.90 Å². The molecule has 0 unspecified atom stereocenters. The van der Waals surface area contributed by atoms with Crippen LogP contribution in [0.25, 0.3) is 0 Å². The largest absolute Gasteiger partial charge is 0.481 e. The number of aliphatic carboxylic acids is 1. The van der Waals surface area contributed by atoms with Crippen molar-refractivity contribution in [3.8, 4) is 0 Å². The third-order valence-electron chi connectivity index (χ3n) is 5.94. The van der Waals surface area contributed by atoms with Crippen molar-refractivity contribution < 1.29 is 14.7 Å². The molecule has 31 heavy (non-hydrogen) atoms. The molecule has 1 aromatic rings. The van der Waals surface area contributed by atoms with E-state index in [1.807, 2.05) is 24.1 Å². The Bertz CT molecular complexity index is 722. The van der Waals surface area contributed by atoms with E-state index in [-0.39, 0.29) is 24.3 Å². The van der Waals surface area contributed by atoms with Gasteiger partial charge in [0.1, 0.15) is 10.8 Å². The number of carboxylic acid groups (broad SMARTS) is 1. The quantitative estimate of drug-likeness (QED) is 0.436. The third kappa shape index (κ3) is 7.41. The Balaban J connectivity index is 2.26. The first-order valence-electron chi connectivity index (χ1n) is 11.8. The molecule has 0 spiro atoms. The zero-order valence-corrected chi connectivity index (χ0v) is 20.4. The highest BCUT2D eigenvalue weighted by molar-refractivity contribution is 7.99. The lowest BCUT2D eigenvalue weighted by molar-refractivity contribution is -0.138. The highest BCUT2D eigenvalue weighted by Crippen LogP contribution is 2.29. The molecule has 2 heterocycles. The number of pyridine rings is 1. The van der Waals surface area contributed by atoms with E-state index >= 15 is 0 Å². The van der Waals surface area contributed by atoms with Crippen molar-refractivity contribution in [1.29, 1.82) is 0 Å². The van der Waals surface area contributed by atoms with Gasteiger partial charge in [0, 0.05) is 32.6 Å². The SMILES string of the molecule is CCCSc1nc(N2CCC[C@@H](CC(=O)O)C2)ccc1C(=O)N(C)C(CCC)CCC. The van der Waals surface area contributed by atoms with Gasteiger partial charge in [0.2, 0.25) is 0 Å². The molecule has 0 bridgehead atoms. The zero-order valence-electron chi connectivity index (χ0n) is 19.6. The van der Waals surface area contributed by atoms with E-state index in [4.69, 9.17) is 10.1 Å². The maximum atomic E-state index is 13.4. The fourth-order valence-electron chi connectivity index (χ4n) is 4.32. The van der Waals surface area contributed by atoms with Crippen LogP contribution in [0.15, 0.2) is 17.2 Å². The van der Waals surface area contributed by atoms with Crippen molar-refractivity contribution in [2.24, 2.45) is 5.92 Å². The average Bonchev–Trinajstić information content (AvgIpc) is 2.76. The fourth-order valence-corrected chi connectivity index (χ4v) is 5.19. The molecule has 1 aliphatic rings. The van der Waals surface area contributed by atoms with E-state index in [0.717, 1.165) is 68.1 Å². The normalized spacial score (nSPS) is 16.5. The predicted octanol–water partition coefficient (Wildman–Crippen LogP) is 5.32. The molecule has 1 atom stereocenters. The molecular weight excluding hydrogens is 410 g/mol. The Morgan fingerprint density at radius 1 is 1.23 bits per heavy atom. The number of aromatic nitrogens is 1. The van der Waals surface area contributed by atoms with E-state index in [2.05, 4.69) is 25.7 Å². The van der Waals surface area contributed by atoms with Crippen LogP contribution in [0.1, 0.15) is 82.5 Å². The second-order valence-electron chi connectivity index (χ2n) is 8.57. The van der Waals surface area contributed by atoms with Crippen molar-refractivity contribution >= 4 is 29.5 Å². The van der Waals surface area contributed by atoms with Crippen LogP contribution in [0.3, 0.4) is 0 Å². The number of nitrogens with zero attached hydrogens (tertiary/aromatic N) is 3. The van der Waals surface area contributed by atoms with Gasteiger partial charge in [0.05, 0.1) is 5.56 Å². The Hall–Kier alpha value is -1.76. The molecule has 7 heteroatoms. The van der Waals surface area contributed by atoms with Crippen LogP contribution in [-0.4, -0.2) is 58.8 Å². The van der Waals surface area contributed by atoms with Crippen molar-refractivity contribution in [1.82, 2.24) is 9.88 Å². The zero-order chi connectivity index (χ0) is 22.8. The Morgan fingerprint density at radius 3 is 2.55 bits per heavy atom. The summed E-state index contributed by atoms with van der Waals surface area (Å²) in [5, 5.41) is 9.95. The molecule has 0 saturated carbocycles. The maximum Gasteiger partial charge on any atom is 0.303 e. The Morgan fingerprint density at radius 2 is 1.94 bits per heavy atom. The first kappa shape index (κ1) is 25.5. The summed E-state index contributed by atoms with van der Waals surface area (Å²) >= 11 is 1.64. The molecule has 0 radical (unpaired) electrons. The number of hydrogen-bond donors (Lipinski definition) is 1. The maximum absolute atomic E-state index is 13.4. The van der Waals surface area contributed by atoms with Crippen LogP contribution in [0.4, 0.5) is 5.82 Å². The standard InChI is InChI=1S/C24H39N3O3S/c1-5-9-19(10-6-2)26(4)24(30)20-12-13-21(25-23(20)31-15-7-3)27-14-8-11-18(17-27)16-22(28)29/h12-13,18-19H,5-11,14-17H2,1-4H3,(H,28,29)/t18-/m0/s1. The van der Waals surface area contributed by atoms with E-state index in [9.17, 15) is 9.59 Å². The molecule has 1 N–H and O–H groups in total. The number of thioether (sulfide) groups is 1. The number of piperidine rings is 1. The van der Waals surface area contributed by atoms with Gasteiger partial charge in [-0.3, -0.25) is 9.59 Å². The predicted molar refractivity (Wildman–Crippen MR) is 128 cm³/mol. The molecule has 2 rings (SSSR count). The van der Waals surface area contributed by atoms with E-state index in [1.54, 1.807) is 11.8 Å².